The number of hydrogen-bond acceptors (Lipinski definition) is 2. The zero-order chi connectivity index (χ0) is 11.4. The first kappa shape index (κ1) is 10.6. The molecule has 78 valence electrons. The molecule has 1 heterocycles. The average molecular weight is 210 g/mol. The van der Waals surface area contributed by atoms with E-state index in [1.54, 1.807) is 32.2 Å². The van der Waals surface area contributed by atoms with Crippen LogP contribution in [-0.4, -0.2) is 19.8 Å². The van der Waals surface area contributed by atoms with Crippen molar-refractivity contribution in [3.8, 4) is 5.75 Å². The number of carbonyl (C=O) groups is 1. The number of para-hydroxylation sites is 1. The van der Waals surface area contributed by atoms with E-state index in [4.69, 9.17) is 4.74 Å². The Hall–Kier alpha value is -1.90. The summed E-state index contributed by atoms with van der Waals surface area (Å²) in [6.45, 7) is 1.80. The van der Waals surface area contributed by atoms with Crippen LogP contribution in [0, 0.1) is 0 Å². The molecular weight excluding hydrogens is 199 g/mol. The summed E-state index contributed by atoms with van der Waals surface area (Å²) in [7, 11) is 1.57. The molecule has 0 bridgehead atoms. The summed E-state index contributed by atoms with van der Waals surface area (Å²) in [5, 5.41) is 0. The molecule has 3 heteroatoms. The van der Waals surface area contributed by atoms with Gasteiger partial charge in [-0.2, -0.15) is 0 Å². The van der Waals surface area contributed by atoms with Gasteiger partial charge in [-0.3, -0.25) is 0 Å². The summed E-state index contributed by atoms with van der Waals surface area (Å²) < 4.78 is 5.17. The molecule has 0 atom stereocenters. The van der Waals surface area contributed by atoms with E-state index in [2.05, 4.69) is 0 Å². The Balaban J connectivity index is 2.42. The fraction of sp³-hybridized carbons (Fsp3) is 0.0769. The van der Waals surface area contributed by atoms with Gasteiger partial charge in [0.05, 0.1) is 0 Å². The van der Waals surface area contributed by atoms with Crippen molar-refractivity contribution in [2.24, 2.45) is 0 Å². The van der Waals surface area contributed by atoms with Crippen molar-refractivity contribution < 1.29 is 9.53 Å². The summed E-state index contributed by atoms with van der Waals surface area (Å²) in [5.41, 5.74) is 1.27. The van der Waals surface area contributed by atoms with Crippen molar-refractivity contribution in [2.75, 3.05) is 7.11 Å². The zero-order valence-corrected chi connectivity index (χ0v) is 9.01. The van der Waals surface area contributed by atoms with Gasteiger partial charge < -0.3 is 0 Å². The number of carbonyl (C=O) groups excluding carboxylic acids is 1. The molecule has 0 aliphatic carbocycles. The molecule has 2 aromatic rings. The van der Waals surface area contributed by atoms with E-state index in [1.807, 2.05) is 30.2 Å². The van der Waals surface area contributed by atoms with Gasteiger partial charge in [-0.1, -0.05) is 0 Å². The molecule has 0 aliphatic heterocycles. The third kappa shape index (κ3) is 2.03. The molecule has 1 aromatic heterocycles. The van der Waals surface area contributed by atoms with Crippen molar-refractivity contribution >= 4 is 12.7 Å². The zero-order valence-electron chi connectivity index (χ0n) is 9.01. The Morgan fingerprint density at radius 2 is 1.88 bits per heavy atom. The van der Waals surface area contributed by atoms with E-state index in [0.717, 1.165) is 0 Å². The van der Waals surface area contributed by atoms with Crippen LogP contribution in [-0.2, 0) is 0 Å². The van der Waals surface area contributed by atoms with Gasteiger partial charge in [0, 0.05) is 0 Å². The van der Waals surface area contributed by atoms with Crippen molar-refractivity contribution in [3.63, 3.8) is 0 Å². The maximum absolute atomic E-state index is 12.1. The molecule has 2 rings (SSSR count). The number of ether oxygens (including phenoxy) is 1. The first-order chi connectivity index (χ1) is 7.83. The second-order valence-electron chi connectivity index (χ2n) is 3.40. The van der Waals surface area contributed by atoms with Gasteiger partial charge in [-0.25, -0.2) is 0 Å². The van der Waals surface area contributed by atoms with Crippen LogP contribution in [0.1, 0.15) is 15.8 Å². The molecule has 0 saturated carbocycles. The van der Waals surface area contributed by atoms with Crippen LogP contribution in [0.15, 0.2) is 48.4 Å². The topological polar surface area (TPSA) is 26.3 Å². The molecule has 0 aliphatic rings. The summed E-state index contributed by atoms with van der Waals surface area (Å²) in [6.07, 6.45) is 0. The van der Waals surface area contributed by atoms with Crippen LogP contribution in [0.5, 0.6) is 5.75 Å². The van der Waals surface area contributed by atoms with Gasteiger partial charge in [0.1, 0.15) is 0 Å². The Kier molecular flexibility index (Phi) is 3.15. The van der Waals surface area contributed by atoms with E-state index >= 15 is 0 Å². The van der Waals surface area contributed by atoms with Crippen molar-refractivity contribution in [3.05, 3.63) is 59.4 Å². The first-order valence-corrected chi connectivity index (χ1v) is 5.05. The van der Waals surface area contributed by atoms with Gasteiger partial charge in [-0.15, -0.1) is 0 Å². The molecular formula is C13H11BO2. The van der Waals surface area contributed by atoms with E-state index in [0.29, 0.717) is 16.8 Å². The van der Waals surface area contributed by atoms with Gasteiger partial charge in [0.15, 0.2) is 0 Å². The fourth-order valence-electron chi connectivity index (χ4n) is 1.58. The maximum atomic E-state index is 12.1. The van der Waals surface area contributed by atoms with Crippen LogP contribution in [0.25, 0.3) is 0 Å². The summed E-state index contributed by atoms with van der Waals surface area (Å²) in [5.74, 6) is 2.44. The third-order valence-electron chi connectivity index (χ3n) is 2.39. The van der Waals surface area contributed by atoms with Crippen molar-refractivity contribution in [1.82, 2.24) is 0 Å². The molecule has 0 unspecified atom stereocenters. The Morgan fingerprint density at radius 1 is 1.12 bits per heavy atom. The van der Waals surface area contributed by atoms with Gasteiger partial charge in [0.2, 0.25) is 0 Å². The van der Waals surface area contributed by atoms with Crippen LogP contribution < -0.4 is 4.74 Å². The van der Waals surface area contributed by atoms with E-state index in [9.17, 15) is 4.79 Å². The van der Waals surface area contributed by atoms with Crippen LogP contribution in [0.3, 0.4) is 0 Å². The number of benzene rings is 1. The van der Waals surface area contributed by atoms with Crippen molar-refractivity contribution in [2.45, 2.75) is 0 Å². The summed E-state index contributed by atoms with van der Waals surface area (Å²) >= 11 is 0. The molecule has 0 fully saturated rings. The molecule has 0 saturated heterocycles. The van der Waals surface area contributed by atoms with E-state index < -0.39 is 0 Å². The molecule has 2 nitrogen and oxygen atoms in total. The van der Waals surface area contributed by atoms with Gasteiger partial charge in [-0.05, 0) is 0 Å². The molecule has 0 spiro atoms. The van der Waals surface area contributed by atoms with Crippen LogP contribution in [0.2, 0.25) is 0 Å². The fourth-order valence-corrected chi connectivity index (χ4v) is 1.58. The summed E-state index contributed by atoms with van der Waals surface area (Å²) in [6, 6.07) is 12.8. The van der Waals surface area contributed by atoms with E-state index in [-0.39, 0.29) is 5.78 Å². The number of hydrogen-bond donors (Lipinski definition) is 0. The number of methoxy groups -OCH3 is 1. The monoisotopic (exact) mass is 210 g/mol. The predicted molar refractivity (Wildman–Crippen MR) is 64.2 cm³/mol. The van der Waals surface area contributed by atoms with Crippen LogP contribution >= 0.6 is 0 Å². The quantitative estimate of drug-likeness (QED) is 0.726. The van der Waals surface area contributed by atoms with Gasteiger partial charge in [0.25, 0.3) is 0 Å². The second-order valence-corrected chi connectivity index (χ2v) is 3.40. The minimum atomic E-state index is -0.0157. The molecule has 0 radical (unpaired) electrons. The Morgan fingerprint density at radius 3 is 2.56 bits per heavy atom. The normalized spacial score (nSPS) is 9.56. The summed E-state index contributed by atoms with van der Waals surface area (Å²) in [4.78, 5) is 12.1. The van der Waals surface area contributed by atoms with Gasteiger partial charge >= 0.3 is 94.5 Å². The minimum absolute atomic E-state index is 0.0157. The second kappa shape index (κ2) is 4.75. The van der Waals surface area contributed by atoms with Crippen molar-refractivity contribution in [1.29, 1.82) is 0 Å². The average Bonchev–Trinajstić information content (AvgIpc) is 2.39. The molecule has 0 amide bonds. The number of ketones is 1. The Labute approximate surface area is 95.1 Å². The van der Waals surface area contributed by atoms with E-state index in [1.165, 1.54) is 0 Å². The molecule has 1 aromatic carbocycles. The third-order valence-corrected chi connectivity index (χ3v) is 2.39. The van der Waals surface area contributed by atoms with Crippen LogP contribution in [0.4, 0.5) is 0 Å². The number of rotatable bonds is 3. The SMILES string of the molecule is COc1ccccc1C(=O)c1bcccc1. The molecule has 0 N–H and O–H groups in total. The predicted octanol–water partition coefficient (Wildman–Crippen LogP) is 2.26. The Bertz CT molecular complexity index is 494. The standard InChI is InChI=1S/C13H11BO2/c1-16-12-8-3-2-6-10(12)13(15)11-7-4-5-9-14-11/h2-9H,1H3. The molecule has 16 heavy (non-hydrogen) atoms. The first-order valence-electron chi connectivity index (χ1n) is 5.05.